The van der Waals surface area contributed by atoms with Gasteiger partial charge in [-0.25, -0.2) is 18.9 Å². The van der Waals surface area contributed by atoms with Crippen molar-refractivity contribution in [2.45, 2.75) is 6.54 Å². The summed E-state index contributed by atoms with van der Waals surface area (Å²) >= 11 is 0. The van der Waals surface area contributed by atoms with Gasteiger partial charge in [-0.1, -0.05) is 48.5 Å². The fourth-order valence-electron chi connectivity index (χ4n) is 3.09. The third-order valence-corrected chi connectivity index (χ3v) is 4.59. The van der Waals surface area contributed by atoms with Crippen molar-refractivity contribution in [2.24, 2.45) is 5.10 Å². The molecule has 0 radical (unpaired) electrons. The molecule has 0 aliphatic heterocycles. The van der Waals surface area contributed by atoms with Crippen molar-refractivity contribution in [1.82, 2.24) is 15.2 Å². The maximum absolute atomic E-state index is 13.7. The smallest absolute Gasteiger partial charge is 0.267 e. The first-order valence-electron chi connectivity index (χ1n) is 9.35. The highest BCUT2D eigenvalue weighted by molar-refractivity contribution is 6.04. The Labute approximate surface area is 175 Å². The van der Waals surface area contributed by atoms with Crippen LogP contribution in [0.5, 0.6) is 0 Å². The summed E-state index contributed by atoms with van der Waals surface area (Å²) in [4.78, 5) is 25.6. The summed E-state index contributed by atoms with van der Waals surface area (Å²) in [6.07, 6.45) is 1.06. The molecule has 8 heteroatoms. The number of rotatable bonds is 5. The molecule has 4 aromatic rings. The van der Waals surface area contributed by atoms with E-state index in [2.05, 4.69) is 15.6 Å². The highest BCUT2D eigenvalue weighted by Crippen LogP contribution is 2.14. The molecule has 0 spiro atoms. The molecule has 6 nitrogen and oxygen atoms in total. The van der Waals surface area contributed by atoms with Crippen LogP contribution >= 0.6 is 0 Å². The van der Waals surface area contributed by atoms with Gasteiger partial charge in [0.25, 0.3) is 11.5 Å². The van der Waals surface area contributed by atoms with Crippen LogP contribution in [0.15, 0.2) is 82.7 Å². The minimum absolute atomic E-state index is 0.00265. The number of benzene rings is 3. The van der Waals surface area contributed by atoms with Crippen LogP contribution in [-0.2, 0) is 6.54 Å². The topological polar surface area (TPSA) is 76.3 Å². The van der Waals surface area contributed by atoms with Crippen molar-refractivity contribution < 1.29 is 13.6 Å². The third-order valence-electron chi connectivity index (χ3n) is 4.59. The van der Waals surface area contributed by atoms with E-state index in [0.29, 0.717) is 10.8 Å². The second kappa shape index (κ2) is 8.66. The van der Waals surface area contributed by atoms with E-state index in [0.717, 1.165) is 23.9 Å². The van der Waals surface area contributed by atoms with E-state index in [1.54, 1.807) is 24.3 Å². The lowest BCUT2D eigenvalue weighted by atomic mass is 10.1. The average Bonchev–Trinajstić information content (AvgIpc) is 2.78. The van der Waals surface area contributed by atoms with Gasteiger partial charge in [0.2, 0.25) is 0 Å². The second-order valence-corrected chi connectivity index (χ2v) is 6.71. The number of fused-ring (bicyclic) bond motifs is 1. The molecule has 4 rings (SSSR count). The van der Waals surface area contributed by atoms with Crippen molar-refractivity contribution >= 4 is 22.9 Å². The molecule has 0 fully saturated rings. The first-order valence-corrected chi connectivity index (χ1v) is 9.35. The molecule has 0 saturated carbocycles. The van der Waals surface area contributed by atoms with E-state index >= 15 is 0 Å². The molecule has 0 saturated heterocycles. The minimum atomic E-state index is -0.807. The summed E-state index contributed by atoms with van der Waals surface area (Å²) in [6, 6.07) is 18.9. The normalized spacial score (nSPS) is 11.2. The zero-order chi connectivity index (χ0) is 21.8. The quantitative estimate of drug-likeness (QED) is 0.398. The van der Waals surface area contributed by atoms with Gasteiger partial charge in [-0.3, -0.25) is 9.59 Å². The summed E-state index contributed by atoms with van der Waals surface area (Å²) in [5.74, 6) is -2.19. The van der Waals surface area contributed by atoms with Gasteiger partial charge in [-0.15, -0.1) is 0 Å². The lowest BCUT2D eigenvalue weighted by Crippen LogP contribution is -2.29. The number of hydrogen-bond donors (Lipinski definition) is 1. The molecule has 154 valence electrons. The lowest BCUT2D eigenvalue weighted by Gasteiger charge is -2.10. The van der Waals surface area contributed by atoms with E-state index < -0.39 is 17.5 Å². The number of carbonyl (C=O) groups is 1. The lowest BCUT2D eigenvalue weighted by molar-refractivity contribution is 0.0949. The molecule has 1 aromatic heterocycles. The van der Waals surface area contributed by atoms with Crippen molar-refractivity contribution in [3.05, 3.63) is 112 Å². The Kier molecular flexibility index (Phi) is 5.61. The monoisotopic (exact) mass is 418 g/mol. The van der Waals surface area contributed by atoms with Crippen LogP contribution in [0.4, 0.5) is 8.78 Å². The largest absolute Gasteiger partial charge is 0.292 e. The summed E-state index contributed by atoms with van der Waals surface area (Å²) in [6.45, 7) is 0.189. The molecule has 1 N–H and O–H groups in total. The third kappa shape index (κ3) is 4.37. The highest BCUT2D eigenvalue weighted by Gasteiger charge is 2.16. The summed E-state index contributed by atoms with van der Waals surface area (Å²) in [5, 5.41) is 8.69. The predicted octanol–water partition coefficient (Wildman–Crippen LogP) is 3.49. The molecule has 0 aliphatic rings. The van der Waals surface area contributed by atoms with Gasteiger partial charge in [0.05, 0.1) is 18.1 Å². The average molecular weight is 418 g/mol. The van der Waals surface area contributed by atoms with Gasteiger partial charge >= 0.3 is 0 Å². The number of amides is 1. The van der Waals surface area contributed by atoms with E-state index in [9.17, 15) is 18.4 Å². The second-order valence-electron chi connectivity index (χ2n) is 6.71. The maximum Gasteiger partial charge on any atom is 0.292 e. The Morgan fingerprint density at radius 1 is 1.00 bits per heavy atom. The van der Waals surface area contributed by atoms with Gasteiger partial charge in [0.1, 0.15) is 11.6 Å². The number of hydrazone groups is 1. The van der Waals surface area contributed by atoms with Gasteiger partial charge in [0, 0.05) is 17.0 Å². The fourth-order valence-corrected chi connectivity index (χ4v) is 3.09. The highest BCUT2D eigenvalue weighted by atomic mass is 19.1. The van der Waals surface area contributed by atoms with Crippen LogP contribution in [0.2, 0.25) is 0 Å². The van der Waals surface area contributed by atoms with Crippen LogP contribution < -0.4 is 11.0 Å². The van der Waals surface area contributed by atoms with Crippen LogP contribution in [0, 0.1) is 11.6 Å². The van der Waals surface area contributed by atoms with Crippen LogP contribution in [0.25, 0.3) is 10.8 Å². The Balaban J connectivity index is 1.67. The van der Waals surface area contributed by atoms with Crippen molar-refractivity contribution in [3.63, 3.8) is 0 Å². The fraction of sp³-hybridized carbons (Fsp3) is 0.0435. The molecule has 0 unspecified atom stereocenters. The molecule has 0 bridgehead atoms. The summed E-state index contributed by atoms with van der Waals surface area (Å²) < 4.78 is 27.9. The molecular weight excluding hydrogens is 402 g/mol. The number of halogens is 2. The SMILES string of the molecule is O=C(N/N=C\c1ccc(F)cc1F)c1nn(Cc2ccccc2)c(=O)c2ccccc12. The zero-order valence-corrected chi connectivity index (χ0v) is 16.1. The molecule has 3 aromatic carbocycles. The first-order chi connectivity index (χ1) is 15.0. The zero-order valence-electron chi connectivity index (χ0n) is 16.1. The standard InChI is InChI=1S/C23H16F2N4O2/c24-17-11-10-16(20(25)12-17)13-26-27-22(30)21-18-8-4-5-9-19(18)23(31)29(28-21)14-15-6-2-1-3-7-15/h1-13H,14H2,(H,27,30)/b26-13-. The molecule has 1 amide bonds. The Bertz CT molecular complexity index is 1350. The number of hydrogen-bond acceptors (Lipinski definition) is 4. The van der Waals surface area contributed by atoms with Crippen molar-refractivity contribution in [1.29, 1.82) is 0 Å². The van der Waals surface area contributed by atoms with Crippen LogP contribution in [0.3, 0.4) is 0 Å². The minimum Gasteiger partial charge on any atom is -0.267 e. The van der Waals surface area contributed by atoms with Crippen LogP contribution in [0.1, 0.15) is 21.6 Å². The molecule has 31 heavy (non-hydrogen) atoms. The van der Waals surface area contributed by atoms with E-state index in [4.69, 9.17) is 0 Å². The van der Waals surface area contributed by atoms with E-state index in [-0.39, 0.29) is 23.4 Å². The van der Waals surface area contributed by atoms with Gasteiger partial charge in [-0.05, 0) is 23.8 Å². The molecule has 0 aliphatic carbocycles. The first kappa shape index (κ1) is 20.1. The molecule has 0 atom stereocenters. The Hall–Kier alpha value is -4.20. The van der Waals surface area contributed by atoms with E-state index in [1.807, 2.05) is 30.3 Å². The van der Waals surface area contributed by atoms with Gasteiger partial charge in [0.15, 0.2) is 5.69 Å². The van der Waals surface area contributed by atoms with Crippen LogP contribution in [-0.4, -0.2) is 21.9 Å². The number of nitrogens with one attached hydrogen (secondary N) is 1. The van der Waals surface area contributed by atoms with Crippen molar-refractivity contribution in [3.8, 4) is 0 Å². The maximum atomic E-state index is 13.7. The molecule has 1 heterocycles. The Morgan fingerprint density at radius 2 is 1.71 bits per heavy atom. The predicted molar refractivity (Wildman–Crippen MR) is 113 cm³/mol. The van der Waals surface area contributed by atoms with Gasteiger partial charge < -0.3 is 0 Å². The van der Waals surface area contributed by atoms with E-state index in [1.165, 1.54) is 10.7 Å². The summed E-state index contributed by atoms with van der Waals surface area (Å²) in [5.41, 5.74) is 2.82. The summed E-state index contributed by atoms with van der Waals surface area (Å²) in [7, 11) is 0. The molecular formula is C23H16F2N4O2. The Morgan fingerprint density at radius 3 is 2.45 bits per heavy atom. The van der Waals surface area contributed by atoms with Gasteiger partial charge in [-0.2, -0.15) is 10.2 Å². The number of aromatic nitrogens is 2. The van der Waals surface area contributed by atoms with Crippen molar-refractivity contribution in [2.75, 3.05) is 0 Å². The number of carbonyl (C=O) groups excluding carboxylic acids is 1. The number of nitrogens with zero attached hydrogens (tertiary/aromatic N) is 3.